The standard InChI is InChI=1S/C42H50N4O2/c1-3-5-7-9-11-19-25-43-41(47)35-28-37(31-21-15-13-16-22-31)45-39-30-40-34(27-33(35)39)36(29-38(46-40)32-23-17-14-18-24-32)42(48)44-26-20-12-10-8-6-4-2/h13-18,21-24,27-30H,3-12,19-20,25-26H2,1-2H3,(H,43,47)(H,44,48). The van der Waals surface area contributed by atoms with Crippen LogP contribution in [0.2, 0.25) is 0 Å². The maximum atomic E-state index is 13.8. The van der Waals surface area contributed by atoms with Crippen LogP contribution in [-0.4, -0.2) is 34.9 Å². The number of rotatable bonds is 18. The molecule has 0 atom stereocenters. The summed E-state index contributed by atoms with van der Waals surface area (Å²) in [4.78, 5) is 37.7. The molecule has 5 rings (SSSR count). The molecule has 2 N–H and O–H groups in total. The van der Waals surface area contributed by atoms with E-state index in [4.69, 9.17) is 9.97 Å². The molecular weight excluding hydrogens is 592 g/mol. The topological polar surface area (TPSA) is 84.0 Å². The zero-order valence-corrected chi connectivity index (χ0v) is 28.7. The Morgan fingerprint density at radius 1 is 0.500 bits per heavy atom. The highest BCUT2D eigenvalue weighted by atomic mass is 16.2. The lowest BCUT2D eigenvalue weighted by Gasteiger charge is -2.14. The summed E-state index contributed by atoms with van der Waals surface area (Å²) in [6, 6.07) is 27.5. The van der Waals surface area contributed by atoms with E-state index < -0.39 is 0 Å². The van der Waals surface area contributed by atoms with Crippen molar-refractivity contribution in [1.29, 1.82) is 0 Å². The van der Waals surface area contributed by atoms with Gasteiger partial charge in [-0.3, -0.25) is 9.59 Å². The second kappa shape index (κ2) is 18.1. The van der Waals surface area contributed by atoms with E-state index in [9.17, 15) is 9.59 Å². The predicted molar refractivity (Wildman–Crippen MR) is 199 cm³/mol. The molecule has 48 heavy (non-hydrogen) atoms. The number of pyridine rings is 2. The molecule has 6 heteroatoms. The molecule has 0 unspecified atom stereocenters. The summed E-state index contributed by atoms with van der Waals surface area (Å²) in [5.41, 5.74) is 5.77. The highest BCUT2D eigenvalue weighted by molar-refractivity contribution is 6.14. The summed E-state index contributed by atoms with van der Waals surface area (Å²) in [7, 11) is 0. The average Bonchev–Trinajstić information content (AvgIpc) is 3.12. The van der Waals surface area contributed by atoms with Crippen LogP contribution in [-0.2, 0) is 0 Å². The van der Waals surface area contributed by atoms with Gasteiger partial charge in [0, 0.05) is 35.0 Å². The molecule has 0 spiro atoms. The first-order valence-electron chi connectivity index (χ1n) is 18.1. The first-order valence-corrected chi connectivity index (χ1v) is 18.1. The van der Waals surface area contributed by atoms with Gasteiger partial charge in [0.15, 0.2) is 0 Å². The number of carbonyl (C=O) groups excluding carboxylic acids is 2. The number of fused-ring (bicyclic) bond motifs is 2. The van der Waals surface area contributed by atoms with E-state index in [0.717, 1.165) is 48.2 Å². The van der Waals surface area contributed by atoms with Gasteiger partial charge in [0.1, 0.15) is 0 Å². The van der Waals surface area contributed by atoms with E-state index in [-0.39, 0.29) is 11.8 Å². The molecule has 250 valence electrons. The van der Waals surface area contributed by atoms with E-state index in [1.54, 1.807) is 0 Å². The number of amides is 2. The molecule has 0 bridgehead atoms. The van der Waals surface area contributed by atoms with Crippen LogP contribution < -0.4 is 10.6 Å². The molecule has 2 aromatic heterocycles. The second-order valence-electron chi connectivity index (χ2n) is 12.8. The summed E-state index contributed by atoms with van der Waals surface area (Å²) in [6.45, 7) is 5.68. The molecular formula is C42H50N4O2. The number of hydrogen-bond donors (Lipinski definition) is 2. The number of hydrogen-bond acceptors (Lipinski definition) is 4. The van der Waals surface area contributed by atoms with Gasteiger partial charge in [-0.1, -0.05) is 139 Å². The fraction of sp³-hybridized carbons (Fsp3) is 0.381. The average molecular weight is 643 g/mol. The Morgan fingerprint density at radius 2 is 0.896 bits per heavy atom. The zero-order chi connectivity index (χ0) is 33.6. The van der Waals surface area contributed by atoms with E-state index in [2.05, 4.69) is 24.5 Å². The lowest BCUT2D eigenvalue weighted by molar-refractivity contribution is 0.0946. The summed E-state index contributed by atoms with van der Waals surface area (Å²) in [5.74, 6) is -0.258. The van der Waals surface area contributed by atoms with Crippen LogP contribution in [0.1, 0.15) is 112 Å². The Kier molecular flexibility index (Phi) is 13.1. The van der Waals surface area contributed by atoms with Gasteiger partial charge in [-0.2, -0.15) is 0 Å². The number of carbonyl (C=O) groups is 2. The lowest BCUT2D eigenvalue weighted by Crippen LogP contribution is -2.25. The smallest absolute Gasteiger partial charge is 0.252 e. The summed E-state index contributed by atoms with van der Waals surface area (Å²) in [6.07, 6.45) is 13.9. The molecule has 2 amide bonds. The van der Waals surface area contributed by atoms with Gasteiger partial charge in [0.2, 0.25) is 0 Å². The quantitative estimate of drug-likeness (QED) is 0.0736. The van der Waals surface area contributed by atoms with Crippen molar-refractivity contribution in [3.8, 4) is 22.5 Å². The Balaban J connectivity index is 1.52. The van der Waals surface area contributed by atoms with Crippen molar-refractivity contribution >= 4 is 33.6 Å². The first kappa shape index (κ1) is 34.7. The molecule has 0 saturated heterocycles. The van der Waals surface area contributed by atoms with E-state index in [1.807, 2.05) is 84.9 Å². The van der Waals surface area contributed by atoms with E-state index >= 15 is 0 Å². The Bertz CT molecular complexity index is 1660. The van der Waals surface area contributed by atoms with E-state index in [1.165, 1.54) is 51.4 Å². The maximum absolute atomic E-state index is 13.8. The maximum Gasteiger partial charge on any atom is 0.252 e. The monoisotopic (exact) mass is 642 g/mol. The molecule has 0 radical (unpaired) electrons. The molecule has 0 aliphatic rings. The second-order valence-corrected chi connectivity index (χ2v) is 12.8. The van der Waals surface area contributed by atoms with Gasteiger partial charge >= 0.3 is 0 Å². The summed E-state index contributed by atoms with van der Waals surface area (Å²) < 4.78 is 0. The van der Waals surface area contributed by atoms with Gasteiger partial charge < -0.3 is 10.6 Å². The van der Waals surface area contributed by atoms with E-state index in [0.29, 0.717) is 46.0 Å². The van der Waals surface area contributed by atoms with Gasteiger partial charge in [0.05, 0.1) is 33.5 Å². The summed E-state index contributed by atoms with van der Waals surface area (Å²) in [5, 5.41) is 7.76. The number of benzene rings is 3. The number of nitrogens with one attached hydrogen (secondary N) is 2. The van der Waals surface area contributed by atoms with Crippen molar-refractivity contribution in [2.24, 2.45) is 0 Å². The zero-order valence-electron chi connectivity index (χ0n) is 28.7. The van der Waals surface area contributed by atoms with Crippen LogP contribution in [0.5, 0.6) is 0 Å². The molecule has 6 nitrogen and oxygen atoms in total. The molecule has 3 aromatic carbocycles. The third-order valence-corrected chi connectivity index (χ3v) is 9.00. The first-order chi connectivity index (χ1) is 23.6. The largest absolute Gasteiger partial charge is 0.352 e. The molecule has 0 aliphatic carbocycles. The van der Waals surface area contributed by atoms with Crippen molar-refractivity contribution in [2.75, 3.05) is 13.1 Å². The minimum absolute atomic E-state index is 0.129. The Labute approximate surface area is 285 Å². The lowest BCUT2D eigenvalue weighted by atomic mass is 9.98. The third kappa shape index (κ3) is 9.27. The van der Waals surface area contributed by atoms with Crippen LogP contribution in [0.15, 0.2) is 84.9 Å². The highest BCUT2D eigenvalue weighted by Crippen LogP contribution is 2.32. The predicted octanol–water partition coefficient (Wildman–Crippen LogP) is 10.3. The fourth-order valence-corrected chi connectivity index (χ4v) is 6.24. The number of unbranched alkanes of at least 4 members (excludes halogenated alkanes) is 10. The van der Waals surface area contributed by atoms with Crippen LogP contribution in [0, 0.1) is 0 Å². The van der Waals surface area contributed by atoms with Crippen LogP contribution in [0.4, 0.5) is 0 Å². The van der Waals surface area contributed by atoms with Crippen molar-refractivity contribution in [3.63, 3.8) is 0 Å². The molecule has 0 aliphatic heterocycles. The number of aromatic nitrogens is 2. The SMILES string of the molecule is CCCCCCCCNC(=O)c1cc(-c2ccccc2)nc2cc3nc(-c4ccccc4)cc(C(=O)NCCCCCCCC)c3cc12. The Hall–Kier alpha value is -4.58. The molecule has 0 saturated carbocycles. The Morgan fingerprint density at radius 3 is 1.31 bits per heavy atom. The minimum Gasteiger partial charge on any atom is -0.352 e. The highest BCUT2D eigenvalue weighted by Gasteiger charge is 2.19. The van der Waals surface area contributed by atoms with Crippen LogP contribution in [0.3, 0.4) is 0 Å². The number of nitrogens with zero attached hydrogens (tertiary/aromatic N) is 2. The molecule has 2 heterocycles. The van der Waals surface area contributed by atoms with Gasteiger partial charge in [-0.25, -0.2) is 9.97 Å². The van der Waals surface area contributed by atoms with Crippen LogP contribution >= 0.6 is 0 Å². The fourth-order valence-electron chi connectivity index (χ4n) is 6.24. The summed E-state index contributed by atoms with van der Waals surface area (Å²) >= 11 is 0. The van der Waals surface area contributed by atoms with Crippen molar-refractivity contribution < 1.29 is 9.59 Å². The van der Waals surface area contributed by atoms with Gasteiger partial charge in [-0.15, -0.1) is 0 Å². The van der Waals surface area contributed by atoms with Gasteiger partial charge in [0.25, 0.3) is 11.8 Å². The van der Waals surface area contributed by atoms with Crippen LogP contribution in [0.25, 0.3) is 44.3 Å². The minimum atomic E-state index is -0.129. The van der Waals surface area contributed by atoms with Crippen molar-refractivity contribution in [1.82, 2.24) is 20.6 Å². The van der Waals surface area contributed by atoms with Crippen molar-refractivity contribution in [2.45, 2.75) is 90.9 Å². The van der Waals surface area contributed by atoms with Crippen molar-refractivity contribution in [3.05, 3.63) is 96.1 Å². The third-order valence-electron chi connectivity index (χ3n) is 9.00. The molecule has 5 aromatic rings. The normalized spacial score (nSPS) is 11.2. The van der Waals surface area contributed by atoms with Gasteiger partial charge in [-0.05, 0) is 37.1 Å². The molecule has 0 fully saturated rings.